The van der Waals surface area contributed by atoms with Gasteiger partial charge in [-0.15, -0.1) is 11.3 Å². The number of nitrogens with zero attached hydrogens (tertiary/aromatic N) is 3. The van der Waals surface area contributed by atoms with E-state index in [2.05, 4.69) is 42.2 Å². The van der Waals surface area contributed by atoms with Crippen molar-refractivity contribution in [2.24, 2.45) is 0 Å². The summed E-state index contributed by atoms with van der Waals surface area (Å²) in [6.45, 7) is 7.58. The molecule has 200 valence electrons. The molecule has 38 heavy (non-hydrogen) atoms. The lowest BCUT2D eigenvalue weighted by atomic mass is 10.0. The Labute approximate surface area is 233 Å². The number of benzene rings is 2. The third-order valence-corrected chi connectivity index (χ3v) is 9.19. The van der Waals surface area contributed by atoms with Gasteiger partial charge in [0.2, 0.25) is 0 Å². The van der Waals surface area contributed by atoms with E-state index in [0.29, 0.717) is 6.61 Å². The topological polar surface area (TPSA) is 47.4 Å². The maximum Gasteiger partial charge on any atom is 0.267 e. The lowest BCUT2D eigenvalue weighted by molar-refractivity contribution is 0.249. The average Bonchev–Trinajstić information content (AvgIpc) is 3.30. The van der Waals surface area contributed by atoms with Crippen LogP contribution in [0.1, 0.15) is 62.0 Å². The van der Waals surface area contributed by atoms with Gasteiger partial charge >= 0.3 is 0 Å². The van der Waals surface area contributed by atoms with Crippen molar-refractivity contribution in [3.05, 3.63) is 81.0 Å². The Hall–Kier alpha value is -2.61. The maximum absolute atomic E-state index is 14.1. The molecule has 5 nitrogen and oxygen atoms in total. The molecule has 0 saturated heterocycles. The summed E-state index contributed by atoms with van der Waals surface area (Å²) in [5.41, 5.74) is 3.43. The molecule has 0 fully saturated rings. The second-order valence-corrected chi connectivity index (χ2v) is 12.0. The lowest BCUT2D eigenvalue weighted by Gasteiger charge is -2.26. The summed E-state index contributed by atoms with van der Waals surface area (Å²) >= 11 is 3.41. The van der Waals surface area contributed by atoms with Crippen LogP contribution in [0.4, 0.5) is 0 Å². The number of aromatic nitrogens is 2. The molecule has 2 aromatic heterocycles. The molecule has 1 aliphatic heterocycles. The zero-order valence-electron chi connectivity index (χ0n) is 22.4. The molecule has 0 amide bonds. The van der Waals surface area contributed by atoms with E-state index in [-0.39, 0.29) is 5.56 Å². The first-order chi connectivity index (χ1) is 18.7. The molecule has 7 heteroatoms. The first-order valence-electron chi connectivity index (χ1n) is 13.9. The second-order valence-electron chi connectivity index (χ2n) is 9.85. The molecule has 1 aliphatic rings. The fraction of sp³-hybridized carbons (Fsp3) is 0.419. The fourth-order valence-corrected chi connectivity index (χ4v) is 7.42. The molecule has 2 aromatic carbocycles. The van der Waals surface area contributed by atoms with E-state index in [9.17, 15) is 4.79 Å². The number of unbranched alkanes of at least 4 members (excludes halogenated alkanes) is 4. The normalized spacial score (nSPS) is 13.6. The second kappa shape index (κ2) is 13.0. The van der Waals surface area contributed by atoms with Crippen LogP contribution in [0, 0.1) is 0 Å². The molecule has 0 unspecified atom stereocenters. The van der Waals surface area contributed by atoms with E-state index in [1.807, 2.05) is 35.8 Å². The fourth-order valence-electron chi connectivity index (χ4n) is 5.11. The van der Waals surface area contributed by atoms with Gasteiger partial charge in [-0.1, -0.05) is 74.7 Å². The predicted octanol–water partition coefficient (Wildman–Crippen LogP) is 7.47. The van der Waals surface area contributed by atoms with Crippen LogP contribution >= 0.6 is 23.1 Å². The van der Waals surface area contributed by atoms with Crippen molar-refractivity contribution in [2.75, 3.05) is 18.9 Å². The van der Waals surface area contributed by atoms with Gasteiger partial charge in [-0.25, -0.2) is 4.98 Å². The summed E-state index contributed by atoms with van der Waals surface area (Å²) in [4.78, 5) is 23.9. The number of fused-ring (bicyclic) bond motifs is 3. The number of thiophene rings is 1. The highest BCUT2D eigenvalue weighted by atomic mass is 32.2. The summed E-state index contributed by atoms with van der Waals surface area (Å²) in [5, 5.41) is 1.60. The summed E-state index contributed by atoms with van der Waals surface area (Å²) in [6.07, 6.45) is 7.04. The summed E-state index contributed by atoms with van der Waals surface area (Å²) in [6, 6.07) is 18.5. The molecule has 5 rings (SSSR count). The van der Waals surface area contributed by atoms with Crippen LogP contribution < -0.4 is 10.3 Å². The zero-order valence-corrected chi connectivity index (χ0v) is 24.1. The van der Waals surface area contributed by atoms with Gasteiger partial charge in [0.25, 0.3) is 5.56 Å². The van der Waals surface area contributed by atoms with E-state index in [4.69, 9.17) is 9.72 Å². The molecule has 0 N–H and O–H groups in total. The Kier molecular flexibility index (Phi) is 9.20. The molecule has 0 saturated carbocycles. The van der Waals surface area contributed by atoms with Crippen molar-refractivity contribution in [2.45, 2.75) is 70.6 Å². The Balaban J connectivity index is 1.46. The van der Waals surface area contributed by atoms with Gasteiger partial charge in [0, 0.05) is 30.3 Å². The molecule has 4 aromatic rings. The molecule has 0 spiro atoms. The lowest BCUT2D eigenvalue weighted by Crippen LogP contribution is -2.30. The van der Waals surface area contributed by atoms with E-state index >= 15 is 0 Å². The first kappa shape index (κ1) is 27.0. The molecule has 0 aliphatic carbocycles. The molecule has 0 atom stereocenters. The summed E-state index contributed by atoms with van der Waals surface area (Å²) < 4.78 is 7.47. The van der Waals surface area contributed by atoms with Crippen LogP contribution in [0.15, 0.2) is 64.5 Å². The van der Waals surface area contributed by atoms with Gasteiger partial charge in [0.05, 0.1) is 17.7 Å². The highest BCUT2D eigenvalue weighted by Crippen LogP contribution is 2.35. The standard InChI is InChI=1S/C31H37N3O2S2/c1-3-5-6-7-11-20-37-31-32-29-28(30(35)34(31)24-14-16-25(17-15-24)36-4-2)26-18-19-33(22-27(26)38-29)21-23-12-9-8-10-13-23/h8-10,12-17H,3-7,11,18-22H2,1-2H3. The van der Waals surface area contributed by atoms with Crippen molar-refractivity contribution in [3.63, 3.8) is 0 Å². The molecular weight excluding hydrogens is 510 g/mol. The van der Waals surface area contributed by atoms with Crippen LogP contribution in [0.25, 0.3) is 15.9 Å². The van der Waals surface area contributed by atoms with Gasteiger partial charge < -0.3 is 4.74 Å². The molecule has 0 radical (unpaired) electrons. The SMILES string of the molecule is CCCCCCCSc1nc2sc3c(c2c(=O)n1-c1ccc(OCC)cc1)CCN(Cc1ccccc1)C3. The van der Waals surface area contributed by atoms with Crippen LogP contribution in [0.5, 0.6) is 5.75 Å². The van der Waals surface area contributed by atoms with Crippen LogP contribution in [-0.4, -0.2) is 33.4 Å². The predicted molar refractivity (Wildman–Crippen MR) is 160 cm³/mol. The van der Waals surface area contributed by atoms with E-state index in [1.165, 1.54) is 41.7 Å². The third kappa shape index (κ3) is 6.16. The van der Waals surface area contributed by atoms with Crippen molar-refractivity contribution in [3.8, 4) is 11.4 Å². The molecular formula is C31H37N3O2S2. The van der Waals surface area contributed by atoms with E-state index in [1.54, 1.807) is 23.1 Å². The minimum atomic E-state index is 0.0571. The van der Waals surface area contributed by atoms with Gasteiger partial charge in [0.1, 0.15) is 10.6 Å². The maximum atomic E-state index is 14.1. The highest BCUT2D eigenvalue weighted by Gasteiger charge is 2.25. The minimum Gasteiger partial charge on any atom is -0.494 e. The quantitative estimate of drug-likeness (QED) is 0.105. The zero-order chi connectivity index (χ0) is 26.3. The monoisotopic (exact) mass is 547 g/mol. The number of thioether (sulfide) groups is 1. The van der Waals surface area contributed by atoms with E-state index in [0.717, 1.165) is 65.0 Å². The summed E-state index contributed by atoms with van der Waals surface area (Å²) in [5.74, 6) is 1.78. The highest BCUT2D eigenvalue weighted by molar-refractivity contribution is 7.99. The van der Waals surface area contributed by atoms with Gasteiger partial charge in [0.15, 0.2) is 5.16 Å². The van der Waals surface area contributed by atoms with Crippen LogP contribution in [0.2, 0.25) is 0 Å². The van der Waals surface area contributed by atoms with Gasteiger partial charge in [-0.2, -0.15) is 0 Å². The molecule has 0 bridgehead atoms. The molecule has 3 heterocycles. The average molecular weight is 548 g/mol. The van der Waals surface area contributed by atoms with Crippen molar-refractivity contribution < 1.29 is 4.74 Å². The largest absolute Gasteiger partial charge is 0.494 e. The van der Waals surface area contributed by atoms with Crippen molar-refractivity contribution in [1.82, 2.24) is 14.5 Å². The van der Waals surface area contributed by atoms with Gasteiger partial charge in [-0.3, -0.25) is 14.3 Å². The summed E-state index contributed by atoms with van der Waals surface area (Å²) in [7, 11) is 0. The van der Waals surface area contributed by atoms with Crippen molar-refractivity contribution in [1.29, 1.82) is 0 Å². The smallest absolute Gasteiger partial charge is 0.267 e. The Morgan fingerprint density at radius 2 is 1.79 bits per heavy atom. The first-order valence-corrected chi connectivity index (χ1v) is 15.7. The van der Waals surface area contributed by atoms with Crippen LogP contribution in [-0.2, 0) is 19.5 Å². The Bertz CT molecular complexity index is 1400. The van der Waals surface area contributed by atoms with Crippen LogP contribution in [0.3, 0.4) is 0 Å². The number of ether oxygens (including phenoxy) is 1. The van der Waals surface area contributed by atoms with Gasteiger partial charge in [-0.05, 0) is 55.2 Å². The van der Waals surface area contributed by atoms with Crippen molar-refractivity contribution >= 4 is 33.3 Å². The third-order valence-electron chi connectivity index (χ3n) is 7.06. The number of rotatable bonds is 12. The Morgan fingerprint density at radius 1 is 1.00 bits per heavy atom. The Morgan fingerprint density at radius 3 is 2.55 bits per heavy atom. The van der Waals surface area contributed by atoms with E-state index < -0.39 is 0 Å². The number of hydrogen-bond acceptors (Lipinski definition) is 6. The number of hydrogen-bond donors (Lipinski definition) is 0. The minimum absolute atomic E-state index is 0.0571.